The number of anilines is 1. The molecule has 0 bridgehead atoms. The number of nitrogens with one attached hydrogen (secondary N) is 1. The van der Waals surface area contributed by atoms with Gasteiger partial charge in [0.15, 0.2) is 0 Å². The molecular weight excluding hydrogens is 182 g/mol. The molecule has 0 radical (unpaired) electrons. The van der Waals surface area contributed by atoms with Crippen molar-refractivity contribution in [1.82, 2.24) is 9.55 Å². The molecule has 1 heterocycles. The Balaban J connectivity index is 2.13. The van der Waals surface area contributed by atoms with Gasteiger partial charge in [-0.3, -0.25) is 0 Å². The molecule has 13 heavy (non-hydrogen) atoms. The Morgan fingerprint density at radius 1 is 1.77 bits per heavy atom. The van der Waals surface area contributed by atoms with Gasteiger partial charge in [0.25, 0.3) is 0 Å². The summed E-state index contributed by atoms with van der Waals surface area (Å²) in [5.74, 6) is 3.03. The molecule has 0 aliphatic rings. The predicted octanol–water partition coefficient (Wildman–Crippen LogP) is 1.75. The lowest BCUT2D eigenvalue weighted by atomic mass is 10.7. The number of aromatic nitrogens is 2. The predicted molar refractivity (Wildman–Crippen MR) is 59.2 cm³/mol. The van der Waals surface area contributed by atoms with E-state index in [1.54, 1.807) is 6.20 Å². The van der Waals surface area contributed by atoms with E-state index < -0.39 is 0 Å². The normalized spacial score (nSPS) is 9.92. The van der Waals surface area contributed by atoms with Crippen molar-refractivity contribution < 1.29 is 0 Å². The largest absolute Gasteiger partial charge is 0.355 e. The van der Waals surface area contributed by atoms with Gasteiger partial charge in [-0.2, -0.15) is 11.8 Å². The van der Waals surface area contributed by atoms with Crippen LogP contribution in [0.2, 0.25) is 0 Å². The first-order valence-corrected chi connectivity index (χ1v) is 5.40. The van der Waals surface area contributed by atoms with Gasteiger partial charge in [0.05, 0.1) is 0 Å². The maximum absolute atomic E-state index is 4.16. The average molecular weight is 197 g/mol. The molecule has 0 amide bonds. The Labute approximate surface area is 83.2 Å². The summed E-state index contributed by atoms with van der Waals surface area (Å²) < 4.78 is 1.97. The third kappa shape index (κ3) is 3.55. The molecule has 0 atom stereocenters. The van der Waals surface area contributed by atoms with Crippen molar-refractivity contribution in [1.29, 1.82) is 0 Å². The second-order valence-electron chi connectivity index (χ2n) is 2.65. The van der Waals surface area contributed by atoms with Crippen molar-refractivity contribution in [2.75, 3.05) is 23.4 Å². The Hall–Kier alpha value is -0.900. The number of hydrogen-bond donors (Lipinski definition) is 1. The van der Waals surface area contributed by atoms with Crippen LogP contribution >= 0.6 is 11.8 Å². The number of nitrogens with zero attached hydrogens (tertiary/aromatic N) is 2. The van der Waals surface area contributed by atoms with Crippen molar-refractivity contribution in [3.05, 3.63) is 25.0 Å². The SMILES string of the molecule is C=CCSCCNc1nccn1C. The molecular formula is C9H15N3S. The fraction of sp³-hybridized carbons (Fsp3) is 0.444. The highest BCUT2D eigenvalue weighted by Crippen LogP contribution is 2.02. The zero-order chi connectivity index (χ0) is 9.52. The number of imidazole rings is 1. The summed E-state index contributed by atoms with van der Waals surface area (Å²) in [5, 5.41) is 3.25. The van der Waals surface area contributed by atoms with E-state index in [0.29, 0.717) is 0 Å². The lowest BCUT2D eigenvalue weighted by molar-refractivity contribution is 0.908. The Bertz CT molecular complexity index is 257. The monoisotopic (exact) mass is 197 g/mol. The van der Waals surface area contributed by atoms with Crippen LogP contribution in [0, 0.1) is 0 Å². The molecule has 4 heteroatoms. The van der Waals surface area contributed by atoms with E-state index in [-0.39, 0.29) is 0 Å². The average Bonchev–Trinajstić information content (AvgIpc) is 2.52. The lowest BCUT2D eigenvalue weighted by Gasteiger charge is -2.04. The Morgan fingerprint density at radius 3 is 3.23 bits per heavy atom. The van der Waals surface area contributed by atoms with E-state index in [2.05, 4.69) is 16.9 Å². The second kappa shape index (κ2) is 5.70. The van der Waals surface area contributed by atoms with Gasteiger partial charge in [0, 0.05) is 37.5 Å². The maximum Gasteiger partial charge on any atom is 0.202 e. The molecule has 1 rings (SSSR count). The first-order chi connectivity index (χ1) is 6.34. The molecule has 0 aliphatic carbocycles. The molecule has 0 unspecified atom stereocenters. The summed E-state index contributed by atoms with van der Waals surface area (Å²) >= 11 is 1.86. The van der Waals surface area contributed by atoms with Crippen LogP contribution in [0.1, 0.15) is 0 Å². The van der Waals surface area contributed by atoms with Crippen molar-refractivity contribution >= 4 is 17.7 Å². The van der Waals surface area contributed by atoms with Crippen LogP contribution in [0.3, 0.4) is 0 Å². The smallest absolute Gasteiger partial charge is 0.202 e. The topological polar surface area (TPSA) is 29.9 Å². The number of thioether (sulfide) groups is 1. The minimum absolute atomic E-state index is 0.930. The summed E-state index contributed by atoms with van der Waals surface area (Å²) in [7, 11) is 1.98. The lowest BCUT2D eigenvalue weighted by Crippen LogP contribution is -2.08. The first kappa shape index (κ1) is 10.2. The summed E-state index contributed by atoms with van der Waals surface area (Å²) in [4.78, 5) is 4.16. The fourth-order valence-electron chi connectivity index (χ4n) is 0.938. The molecule has 1 aromatic rings. The van der Waals surface area contributed by atoms with Crippen LogP contribution in [0.25, 0.3) is 0 Å². The first-order valence-electron chi connectivity index (χ1n) is 4.24. The standard InChI is InChI=1S/C9H15N3S/c1-3-7-13-8-5-11-9-10-4-6-12(9)2/h3-4,6H,1,5,7-8H2,2H3,(H,10,11). The van der Waals surface area contributed by atoms with Gasteiger partial charge in [0.2, 0.25) is 5.95 Å². The minimum Gasteiger partial charge on any atom is -0.355 e. The molecule has 0 aromatic carbocycles. The highest BCUT2D eigenvalue weighted by molar-refractivity contribution is 7.99. The van der Waals surface area contributed by atoms with E-state index in [1.807, 2.05) is 35.6 Å². The zero-order valence-corrected chi connectivity index (χ0v) is 8.68. The Morgan fingerprint density at radius 2 is 2.62 bits per heavy atom. The highest BCUT2D eigenvalue weighted by Gasteiger charge is 1.95. The van der Waals surface area contributed by atoms with Crippen LogP contribution in [-0.4, -0.2) is 27.6 Å². The second-order valence-corrected chi connectivity index (χ2v) is 3.80. The minimum atomic E-state index is 0.930. The van der Waals surface area contributed by atoms with Crippen molar-refractivity contribution in [3.63, 3.8) is 0 Å². The molecule has 1 aromatic heterocycles. The van der Waals surface area contributed by atoms with Crippen LogP contribution < -0.4 is 5.32 Å². The molecule has 1 N–H and O–H groups in total. The van der Waals surface area contributed by atoms with Gasteiger partial charge in [-0.25, -0.2) is 4.98 Å². The molecule has 0 aliphatic heterocycles. The summed E-state index contributed by atoms with van der Waals surface area (Å²) in [6.07, 6.45) is 5.64. The van der Waals surface area contributed by atoms with Gasteiger partial charge in [0.1, 0.15) is 0 Å². The molecule has 3 nitrogen and oxygen atoms in total. The molecule has 0 saturated carbocycles. The van der Waals surface area contributed by atoms with Crippen LogP contribution in [-0.2, 0) is 7.05 Å². The molecule has 0 saturated heterocycles. The molecule has 72 valence electrons. The van der Waals surface area contributed by atoms with Crippen molar-refractivity contribution in [2.24, 2.45) is 7.05 Å². The van der Waals surface area contributed by atoms with Crippen LogP contribution in [0.5, 0.6) is 0 Å². The molecule has 0 spiro atoms. The Kier molecular flexibility index (Phi) is 4.46. The summed E-state index contributed by atoms with van der Waals surface area (Å²) in [5.41, 5.74) is 0. The van der Waals surface area contributed by atoms with Crippen molar-refractivity contribution in [3.8, 4) is 0 Å². The van der Waals surface area contributed by atoms with Gasteiger partial charge in [-0.1, -0.05) is 6.08 Å². The van der Waals surface area contributed by atoms with Crippen LogP contribution in [0.4, 0.5) is 5.95 Å². The fourth-order valence-corrected chi connectivity index (χ4v) is 1.52. The third-order valence-electron chi connectivity index (χ3n) is 1.59. The number of hydrogen-bond acceptors (Lipinski definition) is 3. The van der Waals surface area contributed by atoms with Gasteiger partial charge < -0.3 is 9.88 Å². The molecule has 0 fully saturated rings. The van der Waals surface area contributed by atoms with E-state index in [0.717, 1.165) is 24.0 Å². The summed E-state index contributed by atoms with van der Waals surface area (Å²) in [6, 6.07) is 0. The van der Waals surface area contributed by atoms with E-state index in [4.69, 9.17) is 0 Å². The van der Waals surface area contributed by atoms with E-state index >= 15 is 0 Å². The zero-order valence-electron chi connectivity index (χ0n) is 7.86. The van der Waals surface area contributed by atoms with E-state index in [1.165, 1.54) is 0 Å². The van der Waals surface area contributed by atoms with Gasteiger partial charge in [-0.05, 0) is 0 Å². The van der Waals surface area contributed by atoms with Gasteiger partial charge in [-0.15, -0.1) is 6.58 Å². The third-order valence-corrected chi connectivity index (χ3v) is 2.55. The highest BCUT2D eigenvalue weighted by atomic mass is 32.2. The quantitative estimate of drug-likeness (QED) is 0.556. The van der Waals surface area contributed by atoms with E-state index in [9.17, 15) is 0 Å². The van der Waals surface area contributed by atoms with Crippen molar-refractivity contribution in [2.45, 2.75) is 0 Å². The maximum atomic E-state index is 4.16. The number of rotatable bonds is 6. The number of aryl methyl sites for hydroxylation is 1. The van der Waals surface area contributed by atoms with Gasteiger partial charge >= 0.3 is 0 Å². The summed E-state index contributed by atoms with van der Waals surface area (Å²) in [6.45, 7) is 4.61. The van der Waals surface area contributed by atoms with Crippen LogP contribution in [0.15, 0.2) is 25.0 Å².